The van der Waals surface area contributed by atoms with E-state index in [4.69, 9.17) is 0 Å². The fourth-order valence-electron chi connectivity index (χ4n) is 4.02. The van der Waals surface area contributed by atoms with Crippen molar-refractivity contribution in [3.8, 4) is 22.8 Å². The Balaban J connectivity index is 1.40. The molecule has 1 aromatic heterocycles. The van der Waals surface area contributed by atoms with Gasteiger partial charge in [-0.15, -0.1) is 8.78 Å². The number of anilines is 2. The van der Waals surface area contributed by atoms with Crippen molar-refractivity contribution >= 4 is 23.3 Å². The molecule has 0 aliphatic carbocycles. The van der Waals surface area contributed by atoms with E-state index in [2.05, 4.69) is 25.1 Å². The Kier molecular flexibility index (Phi) is 5.03. The number of hydrogen-bond donors (Lipinski definition) is 2. The van der Waals surface area contributed by atoms with Gasteiger partial charge in [0.05, 0.1) is 22.4 Å². The molecule has 11 heteroatoms. The maximum atomic E-state index is 14.0. The van der Waals surface area contributed by atoms with E-state index in [1.165, 1.54) is 36.4 Å². The summed E-state index contributed by atoms with van der Waals surface area (Å²) in [4.78, 5) is 29.2. The molecule has 0 unspecified atom stereocenters. The Bertz CT molecular complexity index is 1440. The lowest BCUT2D eigenvalue weighted by atomic mass is 9.83. The van der Waals surface area contributed by atoms with Crippen LogP contribution in [0.1, 0.15) is 30.5 Å². The van der Waals surface area contributed by atoms with E-state index in [9.17, 15) is 27.2 Å². The Morgan fingerprint density at radius 2 is 1.72 bits per heavy atom. The topological polar surface area (TPSA) is 89.6 Å². The molecule has 0 saturated carbocycles. The second-order valence-corrected chi connectivity index (χ2v) is 9.06. The number of halogens is 4. The van der Waals surface area contributed by atoms with Crippen molar-refractivity contribution < 1.29 is 36.6 Å². The van der Waals surface area contributed by atoms with Crippen LogP contribution in [0.3, 0.4) is 0 Å². The van der Waals surface area contributed by atoms with E-state index < -0.39 is 35.0 Å². The monoisotopic (exact) mass is 501 g/mol. The Hall–Kier alpha value is -4.15. The van der Waals surface area contributed by atoms with Crippen molar-refractivity contribution in [2.75, 3.05) is 10.6 Å². The maximum absolute atomic E-state index is 14.0. The number of fused-ring (bicyclic) bond motifs is 2. The summed E-state index contributed by atoms with van der Waals surface area (Å²) < 4.78 is 63.6. The summed E-state index contributed by atoms with van der Waals surface area (Å²) in [6, 6.07) is 11.4. The van der Waals surface area contributed by atoms with E-state index >= 15 is 0 Å². The molecule has 0 bridgehead atoms. The largest absolute Gasteiger partial charge is 0.586 e. The van der Waals surface area contributed by atoms with Crippen molar-refractivity contribution in [2.24, 2.45) is 0 Å². The van der Waals surface area contributed by atoms with Gasteiger partial charge in [0, 0.05) is 5.56 Å². The predicted molar refractivity (Wildman–Crippen MR) is 121 cm³/mol. The molecule has 2 aliphatic rings. The number of alkyl halides is 4. The Morgan fingerprint density at radius 1 is 1.00 bits per heavy atom. The first kappa shape index (κ1) is 23.6. The molecule has 5 rings (SSSR count). The molecule has 186 valence electrons. The van der Waals surface area contributed by atoms with Gasteiger partial charge in [-0.1, -0.05) is 18.2 Å². The fourth-order valence-corrected chi connectivity index (χ4v) is 4.02. The molecule has 0 spiro atoms. The Labute approximate surface area is 202 Å². The first-order chi connectivity index (χ1) is 16.8. The molecule has 3 aromatic rings. The predicted octanol–water partition coefficient (Wildman–Crippen LogP) is 5.34. The molecular weight excluding hydrogens is 482 g/mol. The highest BCUT2D eigenvalue weighted by Crippen LogP contribution is 2.44. The summed E-state index contributed by atoms with van der Waals surface area (Å²) in [5.74, 6) is -5.60. The summed E-state index contributed by atoms with van der Waals surface area (Å²) in [5, 5.41) is 4.89. The average Bonchev–Trinajstić information content (AvgIpc) is 3.24. The van der Waals surface area contributed by atoms with Crippen LogP contribution in [0.15, 0.2) is 48.5 Å². The number of aromatic nitrogens is 1. The highest BCUT2D eigenvalue weighted by Gasteiger charge is 2.48. The van der Waals surface area contributed by atoms with Crippen LogP contribution in [-0.4, -0.2) is 23.1 Å². The van der Waals surface area contributed by atoms with Crippen LogP contribution in [-0.2, 0) is 20.9 Å². The number of rotatable bonds is 4. The van der Waals surface area contributed by atoms with Gasteiger partial charge in [-0.25, -0.2) is 4.98 Å². The number of carbonyl (C=O) groups is 2. The number of amides is 2. The number of hydrogen-bond acceptors (Lipinski definition) is 5. The number of aryl methyl sites for hydroxylation is 1. The summed E-state index contributed by atoms with van der Waals surface area (Å²) in [6.45, 7) is 4.98. The van der Waals surface area contributed by atoms with Crippen LogP contribution in [0, 0.1) is 6.92 Å². The van der Waals surface area contributed by atoms with Gasteiger partial charge in [0.1, 0.15) is 5.82 Å². The third-order valence-electron chi connectivity index (χ3n) is 6.19. The molecule has 7 nitrogen and oxygen atoms in total. The van der Waals surface area contributed by atoms with E-state index in [0.717, 1.165) is 0 Å². The standard InChI is InChI=1S/C25H19F4N3O4/c1-12-4-9-19(31-20(12)13-5-7-15-16(10-13)30-22(34)24(15,26)27)32-21(33)23(2,3)14-6-8-17-18(11-14)36-25(28,29)35-17/h4-11H,1-3H3,(H,30,34)(H,31,32,33). The lowest BCUT2D eigenvalue weighted by Gasteiger charge is -2.24. The number of ether oxygens (including phenoxy) is 2. The van der Waals surface area contributed by atoms with Gasteiger partial charge >= 0.3 is 12.2 Å². The lowest BCUT2D eigenvalue weighted by Crippen LogP contribution is -2.35. The molecule has 3 heterocycles. The van der Waals surface area contributed by atoms with Crippen LogP contribution < -0.4 is 20.1 Å². The van der Waals surface area contributed by atoms with Crippen LogP contribution in [0.4, 0.5) is 29.1 Å². The van der Waals surface area contributed by atoms with Crippen LogP contribution in [0.2, 0.25) is 0 Å². The third kappa shape index (κ3) is 3.80. The second kappa shape index (κ2) is 7.67. The molecule has 0 radical (unpaired) electrons. The van der Waals surface area contributed by atoms with Gasteiger partial charge in [-0.2, -0.15) is 8.78 Å². The van der Waals surface area contributed by atoms with Crippen LogP contribution in [0.5, 0.6) is 11.5 Å². The SMILES string of the molecule is Cc1ccc(NC(=O)C(C)(C)c2ccc3c(c2)OC(F)(F)O3)nc1-c1ccc2c(c1)NC(=O)C2(F)F. The maximum Gasteiger partial charge on any atom is 0.586 e. The lowest BCUT2D eigenvalue weighted by molar-refractivity contribution is -0.286. The quantitative estimate of drug-likeness (QED) is 0.472. The Morgan fingerprint density at radius 3 is 2.47 bits per heavy atom. The zero-order valence-electron chi connectivity index (χ0n) is 19.2. The van der Waals surface area contributed by atoms with E-state index in [1.54, 1.807) is 32.9 Å². The van der Waals surface area contributed by atoms with Crippen LogP contribution >= 0.6 is 0 Å². The fraction of sp³-hybridized carbons (Fsp3) is 0.240. The van der Waals surface area contributed by atoms with Gasteiger partial charge < -0.3 is 20.1 Å². The van der Waals surface area contributed by atoms with Crippen molar-refractivity contribution in [1.82, 2.24) is 4.98 Å². The molecule has 36 heavy (non-hydrogen) atoms. The molecule has 2 N–H and O–H groups in total. The number of carbonyl (C=O) groups excluding carboxylic acids is 2. The number of nitrogens with zero attached hydrogens (tertiary/aromatic N) is 1. The van der Waals surface area contributed by atoms with E-state index in [0.29, 0.717) is 22.4 Å². The highest BCUT2D eigenvalue weighted by atomic mass is 19.3. The first-order valence-electron chi connectivity index (χ1n) is 10.8. The minimum atomic E-state index is -3.77. The third-order valence-corrected chi connectivity index (χ3v) is 6.19. The van der Waals surface area contributed by atoms with Gasteiger partial charge in [0.15, 0.2) is 11.5 Å². The van der Waals surface area contributed by atoms with Crippen molar-refractivity contribution in [2.45, 2.75) is 38.4 Å². The molecule has 0 fully saturated rings. The van der Waals surface area contributed by atoms with E-state index in [1.807, 2.05) is 0 Å². The zero-order valence-corrected chi connectivity index (χ0v) is 19.2. The first-order valence-corrected chi connectivity index (χ1v) is 10.8. The molecule has 2 aromatic carbocycles. The van der Waals surface area contributed by atoms with Gasteiger partial charge in [0.25, 0.3) is 5.91 Å². The second-order valence-electron chi connectivity index (χ2n) is 9.06. The van der Waals surface area contributed by atoms with Crippen molar-refractivity contribution in [3.05, 3.63) is 65.2 Å². The normalized spacial score (nSPS) is 16.9. The average molecular weight is 501 g/mol. The number of pyridine rings is 1. The van der Waals surface area contributed by atoms with Crippen LogP contribution in [0.25, 0.3) is 11.3 Å². The summed E-state index contributed by atoms with van der Waals surface area (Å²) in [7, 11) is 0. The minimum Gasteiger partial charge on any atom is -0.395 e. The summed E-state index contributed by atoms with van der Waals surface area (Å²) in [5.41, 5.74) is 0.406. The summed E-state index contributed by atoms with van der Waals surface area (Å²) in [6.07, 6.45) is -3.77. The van der Waals surface area contributed by atoms with E-state index in [-0.39, 0.29) is 23.0 Å². The van der Waals surface area contributed by atoms with Gasteiger partial charge in [-0.05, 0) is 62.2 Å². The zero-order chi connectivity index (χ0) is 26.0. The van der Waals surface area contributed by atoms with Gasteiger partial charge in [-0.3, -0.25) is 9.59 Å². The number of nitrogens with one attached hydrogen (secondary N) is 2. The van der Waals surface area contributed by atoms with Crippen molar-refractivity contribution in [3.63, 3.8) is 0 Å². The molecule has 2 aliphatic heterocycles. The van der Waals surface area contributed by atoms with Gasteiger partial charge in [0.2, 0.25) is 5.91 Å². The summed E-state index contributed by atoms with van der Waals surface area (Å²) >= 11 is 0. The molecule has 0 saturated heterocycles. The molecular formula is C25H19F4N3O4. The highest BCUT2D eigenvalue weighted by molar-refractivity contribution is 6.04. The minimum absolute atomic E-state index is 0.00680. The molecule has 2 amide bonds. The molecule has 0 atom stereocenters. The smallest absolute Gasteiger partial charge is 0.395 e. The number of benzene rings is 2. The van der Waals surface area contributed by atoms with Crippen molar-refractivity contribution in [1.29, 1.82) is 0 Å².